The van der Waals surface area contributed by atoms with E-state index in [0.29, 0.717) is 11.7 Å². The molecular formula is C19H26N4O2S. The Labute approximate surface area is 158 Å². The zero-order valence-corrected chi connectivity index (χ0v) is 15.8. The summed E-state index contributed by atoms with van der Waals surface area (Å²) in [4.78, 5) is 20.7. The summed E-state index contributed by atoms with van der Waals surface area (Å²) in [6, 6.07) is 3.80. The molecule has 1 aliphatic carbocycles. The van der Waals surface area contributed by atoms with Crippen molar-refractivity contribution in [2.75, 3.05) is 25.0 Å². The maximum atomic E-state index is 12.4. The highest BCUT2D eigenvalue weighted by Crippen LogP contribution is 2.29. The second-order valence-corrected chi connectivity index (χ2v) is 8.14. The zero-order valence-electron chi connectivity index (χ0n) is 15.0. The van der Waals surface area contributed by atoms with E-state index >= 15 is 0 Å². The summed E-state index contributed by atoms with van der Waals surface area (Å²) in [6.45, 7) is 2.63. The number of furan rings is 1. The molecule has 2 aromatic rings. The predicted octanol–water partition coefficient (Wildman–Crippen LogP) is 3.96. The van der Waals surface area contributed by atoms with Crippen LogP contribution in [0, 0.1) is 0 Å². The fourth-order valence-corrected chi connectivity index (χ4v) is 4.90. The van der Waals surface area contributed by atoms with Crippen LogP contribution in [0.15, 0.2) is 22.8 Å². The average molecular weight is 375 g/mol. The number of thiazole rings is 1. The molecule has 26 heavy (non-hydrogen) atoms. The third kappa shape index (κ3) is 4.10. The Morgan fingerprint density at radius 2 is 2.08 bits per heavy atom. The highest BCUT2D eigenvalue weighted by molar-refractivity contribution is 7.15. The molecule has 0 saturated carbocycles. The number of amides is 2. The normalized spacial score (nSPS) is 18.9. The summed E-state index contributed by atoms with van der Waals surface area (Å²) >= 11 is 1.61. The molecule has 2 amide bonds. The average Bonchev–Trinajstić information content (AvgIpc) is 3.32. The number of fused-ring (bicyclic) bond motifs is 1. The third-order valence-corrected chi connectivity index (χ3v) is 6.30. The van der Waals surface area contributed by atoms with E-state index < -0.39 is 0 Å². The van der Waals surface area contributed by atoms with Crippen LogP contribution in [0.2, 0.25) is 0 Å². The van der Waals surface area contributed by atoms with Gasteiger partial charge in [0, 0.05) is 11.4 Å². The highest BCUT2D eigenvalue weighted by Gasteiger charge is 2.25. The monoisotopic (exact) mass is 374 g/mol. The van der Waals surface area contributed by atoms with Crippen molar-refractivity contribution in [2.45, 2.75) is 51.0 Å². The van der Waals surface area contributed by atoms with Crippen LogP contribution in [0.1, 0.15) is 54.5 Å². The predicted molar refractivity (Wildman–Crippen MR) is 103 cm³/mol. The van der Waals surface area contributed by atoms with E-state index in [0.717, 1.165) is 31.7 Å². The van der Waals surface area contributed by atoms with Crippen LogP contribution in [0.25, 0.3) is 0 Å². The molecule has 1 atom stereocenters. The van der Waals surface area contributed by atoms with Gasteiger partial charge in [-0.1, -0.05) is 6.42 Å². The van der Waals surface area contributed by atoms with Crippen molar-refractivity contribution >= 4 is 22.5 Å². The number of piperidine rings is 1. The lowest BCUT2D eigenvalue weighted by Gasteiger charge is -2.33. The highest BCUT2D eigenvalue weighted by atomic mass is 32.1. The van der Waals surface area contributed by atoms with E-state index in [9.17, 15) is 4.79 Å². The molecule has 1 unspecified atom stereocenters. The Morgan fingerprint density at radius 1 is 1.23 bits per heavy atom. The molecule has 2 N–H and O–H groups in total. The fourth-order valence-electron chi connectivity index (χ4n) is 3.86. The Balaban J connectivity index is 1.36. The summed E-state index contributed by atoms with van der Waals surface area (Å²) in [7, 11) is 0. The molecule has 2 aromatic heterocycles. The van der Waals surface area contributed by atoms with Gasteiger partial charge in [-0.3, -0.25) is 10.2 Å². The molecule has 1 saturated heterocycles. The molecule has 140 valence electrons. The van der Waals surface area contributed by atoms with Crippen LogP contribution in [0.5, 0.6) is 0 Å². The molecule has 0 bridgehead atoms. The first-order chi connectivity index (χ1) is 12.8. The number of nitrogens with one attached hydrogen (secondary N) is 2. The minimum Gasteiger partial charge on any atom is -0.468 e. The smallest absolute Gasteiger partial charge is 0.321 e. The van der Waals surface area contributed by atoms with Gasteiger partial charge in [0.25, 0.3) is 0 Å². The number of hydrogen-bond donors (Lipinski definition) is 2. The second-order valence-electron chi connectivity index (χ2n) is 7.06. The maximum Gasteiger partial charge on any atom is 0.321 e. The van der Waals surface area contributed by atoms with Crippen LogP contribution in [-0.4, -0.2) is 35.5 Å². The van der Waals surface area contributed by atoms with Crippen molar-refractivity contribution in [1.29, 1.82) is 0 Å². The Hall–Kier alpha value is -1.86. The lowest BCUT2D eigenvalue weighted by molar-refractivity contribution is 0.144. The standard InChI is InChI=1S/C19H26N4O2S/c24-18(22-19-21-14-7-2-3-9-17(14)26-19)20-13-15(16-8-6-12-25-16)23-10-4-1-5-11-23/h6,8,12,15H,1-5,7,9-11,13H2,(H2,20,21,22,24). The third-order valence-electron chi connectivity index (χ3n) is 5.23. The molecule has 1 aliphatic heterocycles. The topological polar surface area (TPSA) is 70.4 Å². The SMILES string of the molecule is O=C(NCC(c1ccco1)N1CCCCC1)Nc1nc2c(s1)CCCC2. The molecule has 3 heterocycles. The number of hydrogen-bond acceptors (Lipinski definition) is 5. The number of aromatic nitrogens is 1. The van der Waals surface area contributed by atoms with Gasteiger partial charge < -0.3 is 9.73 Å². The molecule has 4 rings (SSSR count). The summed E-state index contributed by atoms with van der Waals surface area (Å²) in [5, 5.41) is 6.63. The van der Waals surface area contributed by atoms with Gasteiger partial charge >= 0.3 is 6.03 Å². The number of carbonyl (C=O) groups excluding carboxylic acids is 1. The lowest BCUT2D eigenvalue weighted by atomic mass is 10.0. The van der Waals surface area contributed by atoms with Gasteiger partial charge in [0.1, 0.15) is 5.76 Å². The van der Waals surface area contributed by atoms with Gasteiger partial charge in [0.2, 0.25) is 0 Å². The fraction of sp³-hybridized carbons (Fsp3) is 0.579. The van der Waals surface area contributed by atoms with E-state index in [1.54, 1.807) is 17.6 Å². The Kier molecular flexibility index (Phi) is 5.55. The summed E-state index contributed by atoms with van der Waals surface area (Å²) in [5.74, 6) is 0.914. The first-order valence-corrected chi connectivity index (χ1v) is 10.4. The van der Waals surface area contributed by atoms with E-state index in [4.69, 9.17) is 4.42 Å². The second kappa shape index (κ2) is 8.22. The molecule has 0 spiro atoms. The number of urea groups is 1. The van der Waals surface area contributed by atoms with Gasteiger partial charge in [0.05, 0.1) is 18.0 Å². The van der Waals surface area contributed by atoms with Crippen LogP contribution < -0.4 is 10.6 Å². The molecular weight excluding hydrogens is 348 g/mol. The van der Waals surface area contributed by atoms with Gasteiger partial charge in [-0.2, -0.15) is 0 Å². The summed E-state index contributed by atoms with van der Waals surface area (Å²) in [6.07, 6.45) is 9.93. The molecule has 7 heteroatoms. The van der Waals surface area contributed by atoms with Crippen molar-refractivity contribution in [3.8, 4) is 0 Å². The Morgan fingerprint density at radius 3 is 2.85 bits per heavy atom. The summed E-state index contributed by atoms with van der Waals surface area (Å²) in [5.41, 5.74) is 1.17. The summed E-state index contributed by atoms with van der Waals surface area (Å²) < 4.78 is 5.63. The largest absolute Gasteiger partial charge is 0.468 e. The van der Waals surface area contributed by atoms with E-state index in [1.807, 2.05) is 12.1 Å². The van der Waals surface area contributed by atoms with E-state index in [1.165, 1.54) is 42.7 Å². The van der Waals surface area contributed by atoms with Crippen molar-refractivity contribution in [1.82, 2.24) is 15.2 Å². The van der Waals surface area contributed by atoms with Crippen LogP contribution in [0.4, 0.5) is 9.93 Å². The number of anilines is 1. The van der Waals surface area contributed by atoms with Gasteiger partial charge in [-0.25, -0.2) is 9.78 Å². The van der Waals surface area contributed by atoms with Crippen molar-refractivity contribution in [3.63, 3.8) is 0 Å². The Bertz CT molecular complexity index is 698. The minimum absolute atomic E-state index is 0.0838. The van der Waals surface area contributed by atoms with Crippen LogP contribution >= 0.6 is 11.3 Å². The van der Waals surface area contributed by atoms with E-state index in [-0.39, 0.29) is 12.1 Å². The minimum atomic E-state index is -0.190. The number of likely N-dealkylation sites (tertiary alicyclic amines) is 1. The van der Waals surface area contributed by atoms with Crippen LogP contribution in [-0.2, 0) is 12.8 Å². The van der Waals surface area contributed by atoms with Crippen molar-refractivity contribution < 1.29 is 9.21 Å². The van der Waals surface area contributed by atoms with Crippen molar-refractivity contribution in [3.05, 3.63) is 34.7 Å². The van der Waals surface area contributed by atoms with Gasteiger partial charge in [-0.05, 0) is 63.7 Å². The number of nitrogens with zero attached hydrogens (tertiary/aromatic N) is 2. The number of rotatable bonds is 5. The van der Waals surface area contributed by atoms with Crippen LogP contribution in [0.3, 0.4) is 0 Å². The molecule has 0 aromatic carbocycles. The number of aryl methyl sites for hydroxylation is 2. The first-order valence-electron chi connectivity index (χ1n) is 9.60. The van der Waals surface area contributed by atoms with Crippen molar-refractivity contribution in [2.24, 2.45) is 0 Å². The number of carbonyl (C=O) groups is 1. The lowest BCUT2D eigenvalue weighted by Crippen LogP contribution is -2.41. The van der Waals surface area contributed by atoms with E-state index in [2.05, 4.69) is 20.5 Å². The zero-order chi connectivity index (χ0) is 17.8. The maximum absolute atomic E-state index is 12.4. The quantitative estimate of drug-likeness (QED) is 0.831. The molecule has 1 fully saturated rings. The first kappa shape index (κ1) is 17.5. The molecule has 0 radical (unpaired) electrons. The van der Waals surface area contributed by atoms with Gasteiger partial charge in [-0.15, -0.1) is 11.3 Å². The molecule has 2 aliphatic rings. The van der Waals surface area contributed by atoms with Gasteiger partial charge in [0.15, 0.2) is 5.13 Å². The molecule has 6 nitrogen and oxygen atoms in total.